The van der Waals surface area contributed by atoms with E-state index in [4.69, 9.17) is 0 Å². The molecule has 0 radical (unpaired) electrons. The van der Waals surface area contributed by atoms with Gasteiger partial charge in [0.1, 0.15) is 0 Å². The molecule has 0 aromatic carbocycles. The number of hydrogen-bond acceptors (Lipinski definition) is 2. The number of carbonyl (C=O) groups excluding carboxylic acids is 2. The predicted molar refractivity (Wildman–Crippen MR) is 83.1 cm³/mol. The molecule has 1 heterocycles. The fourth-order valence-electron chi connectivity index (χ4n) is 3.20. The molecule has 21 heavy (non-hydrogen) atoms. The van der Waals surface area contributed by atoms with Crippen LogP contribution in [0.15, 0.2) is 0 Å². The number of unbranched alkanes of at least 4 members (excludes halogenated alkanes) is 1. The van der Waals surface area contributed by atoms with Crippen molar-refractivity contribution in [2.24, 2.45) is 0 Å². The van der Waals surface area contributed by atoms with E-state index in [0.717, 1.165) is 51.6 Å². The van der Waals surface area contributed by atoms with Gasteiger partial charge in [0.15, 0.2) is 0 Å². The van der Waals surface area contributed by atoms with E-state index in [1.807, 2.05) is 4.90 Å². The molecule has 5 heteroatoms. The Morgan fingerprint density at radius 3 is 2.24 bits per heavy atom. The maximum Gasteiger partial charge on any atom is 0.317 e. The number of carbonyl (C=O) groups is 2. The van der Waals surface area contributed by atoms with Crippen LogP contribution in [0, 0.1) is 0 Å². The van der Waals surface area contributed by atoms with Gasteiger partial charge in [-0.25, -0.2) is 4.79 Å². The zero-order chi connectivity index (χ0) is 15.1. The lowest BCUT2D eigenvalue weighted by Gasteiger charge is -2.33. The van der Waals surface area contributed by atoms with Crippen molar-refractivity contribution in [3.8, 4) is 0 Å². The number of nitrogens with zero attached hydrogens (tertiary/aromatic N) is 1. The smallest absolute Gasteiger partial charge is 0.317 e. The van der Waals surface area contributed by atoms with Crippen molar-refractivity contribution in [3.63, 3.8) is 0 Å². The van der Waals surface area contributed by atoms with Crippen LogP contribution in [0.25, 0.3) is 0 Å². The third-order valence-electron chi connectivity index (χ3n) is 4.59. The Balaban J connectivity index is 1.65. The van der Waals surface area contributed by atoms with Gasteiger partial charge < -0.3 is 15.5 Å². The average Bonchev–Trinajstić information content (AvgIpc) is 2.98. The molecule has 1 saturated carbocycles. The lowest BCUT2D eigenvalue weighted by Crippen LogP contribution is -2.51. The third kappa shape index (κ3) is 5.21. The van der Waals surface area contributed by atoms with Crippen LogP contribution in [-0.4, -0.2) is 42.0 Å². The van der Waals surface area contributed by atoms with Crippen LogP contribution in [0.2, 0.25) is 0 Å². The van der Waals surface area contributed by atoms with Crippen LogP contribution >= 0.6 is 0 Å². The lowest BCUT2D eigenvalue weighted by molar-refractivity contribution is -0.122. The fraction of sp³-hybridized carbons (Fsp3) is 0.875. The molecule has 1 aliphatic carbocycles. The van der Waals surface area contributed by atoms with Crippen molar-refractivity contribution in [1.29, 1.82) is 0 Å². The third-order valence-corrected chi connectivity index (χ3v) is 4.59. The van der Waals surface area contributed by atoms with Gasteiger partial charge in [0.2, 0.25) is 5.91 Å². The molecular weight excluding hydrogens is 266 g/mol. The van der Waals surface area contributed by atoms with E-state index >= 15 is 0 Å². The van der Waals surface area contributed by atoms with Crippen LogP contribution < -0.4 is 10.6 Å². The van der Waals surface area contributed by atoms with Crippen molar-refractivity contribution < 1.29 is 9.59 Å². The second-order valence-corrected chi connectivity index (χ2v) is 6.36. The highest BCUT2D eigenvalue weighted by Gasteiger charge is 2.25. The number of urea groups is 1. The molecule has 1 aliphatic heterocycles. The van der Waals surface area contributed by atoms with Gasteiger partial charge in [0.25, 0.3) is 0 Å². The Morgan fingerprint density at radius 1 is 1.00 bits per heavy atom. The highest BCUT2D eigenvalue weighted by molar-refractivity contribution is 5.76. The molecular formula is C16H29N3O2. The average molecular weight is 295 g/mol. The first-order valence-corrected chi connectivity index (χ1v) is 8.54. The van der Waals surface area contributed by atoms with E-state index in [-0.39, 0.29) is 18.0 Å². The Labute approximate surface area is 127 Å². The van der Waals surface area contributed by atoms with Crippen LogP contribution in [0.1, 0.15) is 64.7 Å². The maximum atomic E-state index is 12.2. The summed E-state index contributed by atoms with van der Waals surface area (Å²) in [6.45, 7) is 3.59. The topological polar surface area (TPSA) is 61.4 Å². The van der Waals surface area contributed by atoms with Gasteiger partial charge in [-0.05, 0) is 32.1 Å². The van der Waals surface area contributed by atoms with Gasteiger partial charge >= 0.3 is 6.03 Å². The molecule has 3 amide bonds. The van der Waals surface area contributed by atoms with Crippen LogP contribution in [0.3, 0.4) is 0 Å². The second kappa shape index (κ2) is 8.25. The standard InChI is InChI=1S/C16H29N3O2/c1-2-3-8-15(20)17-14-9-11-19(12-10-14)16(21)18-13-6-4-5-7-13/h13-14H,2-12H2,1H3,(H,17,20)(H,18,21). The minimum atomic E-state index is 0.0812. The van der Waals surface area contributed by atoms with Gasteiger partial charge in [0.05, 0.1) is 0 Å². The molecule has 0 atom stereocenters. The minimum absolute atomic E-state index is 0.0812. The monoisotopic (exact) mass is 295 g/mol. The molecule has 2 fully saturated rings. The predicted octanol–water partition coefficient (Wildman–Crippen LogP) is 2.41. The summed E-state index contributed by atoms with van der Waals surface area (Å²) in [6.07, 6.45) is 9.07. The van der Waals surface area contributed by atoms with E-state index in [1.165, 1.54) is 12.8 Å². The van der Waals surface area contributed by atoms with Gasteiger partial charge in [-0.2, -0.15) is 0 Å². The van der Waals surface area contributed by atoms with Gasteiger partial charge in [0, 0.05) is 31.6 Å². The molecule has 0 aromatic heterocycles. The number of likely N-dealkylation sites (tertiary alicyclic amines) is 1. The van der Waals surface area contributed by atoms with E-state index in [9.17, 15) is 9.59 Å². The molecule has 1 saturated heterocycles. The van der Waals surface area contributed by atoms with Gasteiger partial charge in [-0.15, -0.1) is 0 Å². The number of rotatable bonds is 5. The highest BCUT2D eigenvalue weighted by atomic mass is 16.2. The number of hydrogen-bond donors (Lipinski definition) is 2. The van der Waals surface area contributed by atoms with Gasteiger partial charge in [-0.3, -0.25) is 4.79 Å². The fourth-order valence-corrected chi connectivity index (χ4v) is 3.20. The lowest BCUT2D eigenvalue weighted by atomic mass is 10.0. The Bertz CT molecular complexity index is 345. The normalized spacial score (nSPS) is 20.5. The maximum absolute atomic E-state index is 12.2. The quantitative estimate of drug-likeness (QED) is 0.818. The Morgan fingerprint density at radius 2 is 1.62 bits per heavy atom. The van der Waals surface area contributed by atoms with E-state index in [1.54, 1.807) is 0 Å². The van der Waals surface area contributed by atoms with E-state index in [2.05, 4.69) is 17.6 Å². The minimum Gasteiger partial charge on any atom is -0.353 e. The number of amides is 3. The Kier molecular flexibility index (Phi) is 6.33. The number of nitrogens with one attached hydrogen (secondary N) is 2. The molecule has 120 valence electrons. The van der Waals surface area contributed by atoms with E-state index < -0.39 is 0 Å². The van der Waals surface area contributed by atoms with Crippen molar-refractivity contribution in [2.45, 2.75) is 76.8 Å². The molecule has 2 rings (SSSR count). The van der Waals surface area contributed by atoms with Gasteiger partial charge in [-0.1, -0.05) is 26.2 Å². The van der Waals surface area contributed by atoms with Crippen molar-refractivity contribution in [2.75, 3.05) is 13.1 Å². The zero-order valence-electron chi connectivity index (χ0n) is 13.2. The zero-order valence-corrected chi connectivity index (χ0v) is 13.2. The van der Waals surface area contributed by atoms with Crippen LogP contribution in [-0.2, 0) is 4.79 Å². The summed E-state index contributed by atoms with van der Waals surface area (Å²) in [7, 11) is 0. The van der Waals surface area contributed by atoms with E-state index in [0.29, 0.717) is 12.5 Å². The first-order chi connectivity index (χ1) is 10.2. The summed E-state index contributed by atoms with van der Waals surface area (Å²) in [5, 5.41) is 6.22. The summed E-state index contributed by atoms with van der Waals surface area (Å²) in [4.78, 5) is 25.8. The molecule has 5 nitrogen and oxygen atoms in total. The van der Waals surface area contributed by atoms with Crippen molar-refractivity contribution in [1.82, 2.24) is 15.5 Å². The van der Waals surface area contributed by atoms with Crippen molar-refractivity contribution >= 4 is 11.9 Å². The molecule has 0 unspecified atom stereocenters. The molecule has 0 aromatic rings. The summed E-state index contributed by atoms with van der Waals surface area (Å²) >= 11 is 0. The molecule has 0 bridgehead atoms. The largest absolute Gasteiger partial charge is 0.353 e. The summed E-state index contributed by atoms with van der Waals surface area (Å²) in [5.41, 5.74) is 0. The molecule has 2 N–H and O–H groups in total. The highest BCUT2D eigenvalue weighted by Crippen LogP contribution is 2.18. The van der Waals surface area contributed by atoms with Crippen LogP contribution in [0.4, 0.5) is 4.79 Å². The SMILES string of the molecule is CCCCC(=O)NC1CCN(C(=O)NC2CCCC2)CC1. The first kappa shape index (κ1) is 16.1. The summed E-state index contributed by atoms with van der Waals surface area (Å²) in [5.74, 6) is 0.158. The first-order valence-electron chi connectivity index (χ1n) is 8.54. The molecule has 0 spiro atoms. The summed E-state index contributed by atoms with van der Waals surface area (Å²) < 4.78 is 0. The van der Waals surface area contributed by atoms with Crippen LogP contribution in [0.5, 0.6) is 0 Å². The summed E-state index contributed by atoms with van der Waals surface area (Å²) in [6, 6.07) is 0.700. The Hall–Kier alpha value is -1.26. The number of piperidine rings is 1. The second-order valence-electron chi connectivity index (χ2n) is 6.36. The molecule has 2 aliphatic rings. The van der Waals surface area contributed by atoms with Crippen molar-refractivity contribution in [3.05, 3.63) is 0 Å².